The SMILES string of the molecule is Cc1cc(C)cc(Nc2ncnc(Cl)c2C=O)c1. The maximum Gasteiger partial charge on any atom is 0.156 e. The number of hydrogen-bond acceptors (Lipinski definition) is 4. The second kappa shape index (κ2) is 5.14. The zero-order valence-electron chi connectivity index (χ0n) is 10.1. The molecule has 1 N–H and O–H groups in total. The number of carbonyl (C=O) groups excluding carboxylic acids is 1. The molecular weight excluding hydrogens is 250 g/mol. The molecule has 0 aliphatic carbocycles. The number of anilines is 2. The summed E-state index contributed by atoms with van der Waals surface area (Å²) >= 11 is 5.84. The van der Waals surface area contributed by atoms with E-state index in [1.807, 2.05) is 26.0 Å². The summed E-state index contributed by atoms with van der Waals surface area (Å²) in [5.74, 6) is 0.412. The number of aromatic nitrogens is 2. The molecule has 0 fully saturated rings. The Bertz CT molecular complexity index is 579. The van der Waals surface area contributed by atoms with Crippen LogP contribution in [-0.2, 0) is 0 Å². The second-order valence-electron chi connectivity index (χ2n) is 4.05. The fourth-order valence-electron chi connectivity index (χ4n) is 1.76. The van der Waals surface area contributed by atoms with Gasteiger partial charge >= 0.3 is 0 Å². The molecule has 0 spiro atoms. The summed E-state index contributed by atoms with van der Waals surface area (Å²) in [6, 6.07) is 6.01. The molecule has 2 aromatic rings. The van der Waals surface area contributed by atoms with Crippen LogP contribution in [0.2, 0.25) is 5.15 Å². The van der Waals surface area contributed by atoms with Gasteiger partial charge in [-0.25, -0.2) is 9.97 Å². The van der Waals surface area contributed by atoms with Crippen molar-refractivity contribution in [1.82, 2.24) is 9.97 Å². The van der Waals surface area contributed by atoms with Gasteiger partial charge in [-0.3, -0.25) is 4.79 Å². The van der Waals surface area contributed by atoms with Gasteiger partial charge in [-0.1, -0.05) is 17.7 Å². The van der Waals surface area contributed by atoms with Gasteiger partial charge in [-0.05, 0) is 37.1 Å². The summed E-state index contributed by atoms with van der Waals surface area (Å²) in [6.07, 6.45) is 1.97. The van der Waals surface area contributed by atoms with Gasteiger partial charge in [0.1, 0.15) is 17.3 Å². The quantitative estimate of drug-likeness (QED) is 0.680. The maximum atomic E-state index is 11.0. The summed E-state index contributed by atoms with van der Waals surface area (Å²) in [5, 5.41) is 3.22. The highest BCUT2D eigenvalue weighted by Gasteiger charge is 2.09. The summed E-state index contributed by atoms with van der Waals surface area (Å²) < 4.78 is 0. The number of rotatable bonds is 3. The Kier molecular flexibility index (Phi) is 3.58. The molecule has 18 heavy (non-hydrogen) atoms. The number of benzene rings is 1. The zero-order chi connectivity index (χ0) is 13.1. The molecule has 0 amide bonds. The standard InChI is InChI=1S/C13H12ClN3O/c1-8-3-9(2)5-10(4-8)17-13-11(6-18)12(14)15-7-16-13/h3-7H,1-2H3,(H,15,16,17). The molecule has 1 aromatic carbocycles. The van der Waals surface area contributed by atoms with Gasteiger partial charge in [0, 0.05) is 5.69 Å². The van der Waals surface area contributed by atoms with Crippen LogP contribution in [0, 0.1) is 13.8 Å². The predicted molar refractivity (Wildman–Crippen MR) is 71.6 cm³/mol. The highest BCUT2D eigenvalue weighted by Crippen LogP contribution is 2.23. The Labute approximate surface area is 110 Å². The Morgan fingerprint density at radius 1 is 1.17 bits per heavy atom. The number of aldehydes is 1. The molecule has 0 saturated carbocycles. The van der Waals surface area contributed by atoms with Crippen molar-refractivity contribution in [1.29, 1.82) is 0 Å². The van der Waals surface area contributed by atoms with Crippen LogP contribution in [0.1, 0.15) is 21.5 Å². The van der Waals surface area contributed by atoms with Crippen LogP contribution in [0.3, 0.4) is 0 Å². The summed E-state index contributed by atoms with van der Waals surface area (Å²) in [7, 11) is 0. The van der Waals surface area contributed by atoms with Crippen molar-refractivity contribution < 1.29 is 4.79 Å². The normalized spacial score (nSPS) is 10.2. The van der Waals surface area contributed by atoms with Gasteiger partial charge in [0.15, 0.2) is 6.29 Å². The molecule has 4 nitrogen and oxygen atoms in total. The number of carbonyl (C=O) groups is 1. The van der Waals surface area contributed by atoms with E-state index in [4.69, 9.17) is 11.6 Å². The first-order chi connectivity index (χ1) is 8.60. The molecule has 0 bridgehead atoms. The van der Waals surface area contributed by atoms with Crippen molar-refractivity contribution in [3.8, 4) is 0 Å². The molecule has 92 valence electrons. The van der Waals surface area contributed by atoms with E-state index in [-0.39, 0.29) is 10.7 Å². The maximum absolute atomic E-state index is 11.0. The van der Waals surface area contributed by atoms with Gasteiger partial charge in [0.05, 0.1) is 5.56 Å². The molecule has 0 saturated heterocycles. The third kappa shape index (κ3) is 2.65. The van der Waals surface area contributed by atoms with Crippen LogP contribution >= 0.6 is 11.6 Å². The molecule has 0 aliphatic heterocycles. The molecule has 0 radical (unpaired) electrons. The molecule has 2 rings (SSSR count). The van der Waals surface area contributed by atoms with E-state index in [1.54, 1.807) is 0 Å². The van der Waals surface area contributed by atoms with Crippen molar-refractivity contribution in [2.45, 2.75) is 13.8 Å². The first-order valence-electron chi connectivity index (χ1n) is 5.41. The lowest BCUT2D eigenvalue weighted by Crippen LogP contribution is -2.01. The Hall–Kier alpha value is -1.94. The van der Waals surface area contributed by atoms with Crippen LogP contribution in [-0.4, -0.2) is 16.3 Å². The minimum Gasteiger partial charge on any atom is -0.339 e. The summed E-state index contributed by atoms with van der Waals surface area (Å²) in [4.78, 5) is 18.8. The molecule has 0 aliphatic rings. The van der Waals surface area contributed by atoms with Gasteiger partial charge in [0.2, 0.25) is 0 Å². The number of halogens is 1. The first kappa shape index (κ1) is 12.5. The van der Waals surface area contributed by atoms with Crippen LogP contribution < -0.4 is 5.32 Å². The van der Waals surface area contributed by atoms with Crippen LogP contribution in [0.4, 0.5) is 11.5 Å². The molecule has 0 unspecified atom stereocenters. The number of hydrogen-bond donors (Lipinski definition) is 1. The van der Waals surface area contributed by atoms with Crippen molar-refractivity contribution in [3.63, 3.8) is 0 Å². The van der Waals surface area contributed by atoms with Gasteiger partial charge in [-0.2, -0.15) is 0 Å². The lowest BCUT2D eigenvalue weighted by molar-refractivity contribution is 0.112. The molecule has 1 aromatic heterocycles. The molecular formula is C13H12ClN3O. The van der Waals surface area contributed by atoms with Crippen LogP contribution in [0.5, 0.6) is 0 Å². The van der Waals surface area contributed by atoms with E-state index >= 15 is 0 Å². The van der Waals surface area contributed by atoms with E-state index in [9.17, 15) is 4.79 Å². The van der Waals surface area contributed by atoms with Crippen molar-refractivity contribution in [3.05, 3.63) is 46.4 Å². The average Bonchev–Trinajstić information content (AvgIpc) is 2.27. The Balaban J connectivity index is 2.39. The van der Waals surface area contributed by atoms with E-state index in [1.165, 1.54) is 6.33 Å². The zero-order valence-corrected chi connectivity index (χ0v) is 10.8. The van der Waals surface area contributed by atoms with E-state index in [0.717, 1.165) is 16.8 Å². The third-order valence-electron chi connectivity index (χ3n) is 2.44. The number of aryl methyl sites for hydroxylation is 2. The number of nitrogens with one attached hydrogen (secondary N) is 1. The summed E-state index contributed by atoms with van der Waals surface area (Å²) in [6.45, 7) is 4.01. The Morgan fingerprint density at radius 2 is 1.83 bits per heavy atom. The topological polar surface area (TPSA) is 54.9 Å². The van der Waals surface area contributed by atoms with E-state index in [2.05, 4.69) is 21.4 Å². The smallest absolute Gasteiger partial charge is 0.156 e. The largest absolute Gasteiger partial charge is 0.339 e. The third-order valence-corrected chi connectivity index (χ3v) is 2.74. The monoisotopic (exact) mass is 261 g/mol. The van der Waals surface area contributed by atoms with E-state index < -0.39 is 0 Å². The highest BCUT2D eigenvalue weighted by atomic mass is 35.5. The minimum absolute atomic E-state index is 0.145. The van der Waals surface area contributed by atoms with Gasteiger partial charge < -0.3 is 5.32 Å². The lowest BCUT2D eigenvalue weighted by Gasteiger charge is -2.09. The number of nitrogens with zero attached hydrogens (tertiary/aromatic N) is 2. The van der Waals surface area contributed by atoms with Crippen LogP contribution in [0.25, 0.3) is 0 Å². The molecule has 1 heterocycles. The predicted octanol–water partition coefficient (Wildman–Crippen LogP) is 3.30. The van der Waals surface area contributed by atoms with Crippen molar-refractivity contribution in [2.24, 2.45) is 0 Å². The fraction of sp³-hybridized carbons (Fsp3) is 0.154. The van der Waals surface area contributed by atoms with Gasteiger partial charge in [-0.15, -0.1) is 0 Å². The van der Waals surface area contributed by atoms with Gasteiger partial charge in [0.25, 0.3) is 0 Å². The van der Waals surface area contributed by atoms with Crippen LogP contribution in [0.15, 0.2) is 24.5 Å². The Morgan fingerprint density at radius 3 is 2.44 bits per heavy atom. The molecule has 0 atom stereocenters. The van der Waals surface area contributed by atoms with Crippen molar-refractivity contribution in [2.75, 3.05) is 5.32 Å². The second-order valence-corrected chi connectivity index (χ2v) is 4.40. The highest BCUT2D eigenvalue weighted by molar-refractivity contribution is 6.32. The van der Waals surface area contributed by atoms with Crippen molar-refractivity contribution >= 4 is 29.4 Å². The average molecular weight is 262 g/mol. The lowest BCUT2D eigenvalue weighted by atomic mass is 10.1. The summed E-state index contributed by atoms with van der Waals surface area (Å²) in [5.41, 5.74) is 3.39. The first-order valence-corrected chi connectivity index (χ1v) is 5.79. The molecule has 5 heteroatoms. The minimum atomic E-state index is 0.145. The fourth-order valence-corrected chi connectivity index (χ4v) is 1.94. The van der Waals surface area contributed by atoms with E-state index in [0.29, 0.717) is 12.1 Å².